The summed E-state index contributed by atoms with van der Waals surface area (Å²) in [5.74, 6) is 0.474. The van der Waals surface area contributed by atoms with Crippen LogP contribution in [-0.4, -0.2) is 71.1 Å². The number of ether oxygens (including phenoxy) is 1. The van der Waals surface area contributed by atoms with Crippen molar-refractivity contribution < 1.29 is 14.3 Å². The minimum absolute atomic E-state index is 0.0259. The van der Waals surface area contributed by atoms with Gasteiger partial charge in [0.15, 0.2) is 0 Å². The van der Waals surface area contributed by atoms with Crippen LogP contribution >= 0.6 is 11.3 Å². The third kappa shape index (κ3) is 4.64. The summed E-state index contributed by atoms with van der Waals surface area (Å²) in [5.41, 5.74) is 0. The van der Waals surface area contributed by atoms with Gasteiger partial charge in [0.1, 0.15) is 11.1 Å². The Labute approximate surface area is 163 Å². The Kier molecular flexibility index (Phi) is 5.99. The molecule has 1 aliphatic carbocycles. The van der Waals surface area contributed by atoms with Gasteiger partial charge in [0.2, 0.25) is 16.9 Å². The summed E-state index contributed by atoms with van der Waals surface area (Å²) >= 11 is 1.39. The summed E-state index contributed by atoms with van der Waals surface area (Å²) in [6.07, 6.45) is 6.20. The maximum atomic E-state index is 12.4. The second-order valence-corrected chi connectivity index (χ2v) is 8.59. The van der Waals surface area contributed by atoms with Crippen molar-refractivity contribution in [2.45, 2.75) is 44.6 Å². The molecule has 0 radical (unpaired) electrons. The van der Waals surface area contributed by atoms with Crippen molar-refractivity contribution in [3.8, 4) is 0 Å². The van der Waals surface area contributed by atoms with E-state index in [2.05, 4.69) is 20.4 Å². The number of anilines is 1. The Morgan fingerprint density at radius 2 is 1.96 bits per heavy atom. The molecule has 3 fully saturated rings. The molecule has 4 rings (SSSR count). The molecule has 1 N–H and O–H groups in total. The molecule has 3 aliphatic rings. The highest BCUT2D eigenvalue weighted by Gasteiger charge is 2.30. The van der Waals surface area contributed by atoms with E-state index in [-0.39, 0.29) is 17.9 Å². The lowest BCUT2D eigenvalue weighted by atomic mass is 9.84. The fourth-order valence-electron chi connectivity index (χ4n) is 3.81. The number of rotatable bonds is 5. The predicted octanol–water partition coefficient (Wildman–Crippen LogP) is 1.66. The van der Waals surface area contributed by atoms with Gasteiger partial charge in [-0.25, -0.2) is 0 Å². The lowest BCUT2D eigenvalue weighted by Gasteiger charge is -2.31. The number of carbonyl (C=O) groups excluding carboxylic acids is 2. The Morgan fingerprint density at radius 3 is 2.70 bits per heavy atom. The Hall–Kier alpha value is -1.58. The Bertz CT molecular complexity index is 672. The van der Waals surface area contributed by atoms with Gasteiger partial charge in [0, 0.05) is 38.7 Å². The normalized spacial score (nSPS) is 24.4. The average Bonchev–Trinajstić information content (AvgIpc) is 3.22. The lowest BCUT2D eigenvalue weighted by molar-refractivity contribution is -0.138. The van der Waals surface area contributed by atoms with Gasteiger partial charge in [-0.05, 0) is 32.1 Å². The zero-order valence-corrected chi connectivity index (χ0v) is 16.4. The summed E-state index contributed by atoms with van der Waals surface area (Å²) in [4.78, 5) is 28.9. The van der Waals surface area contributed by atoms with Crippen molar-refractivity contribution in [3.63, 3.8) is 0 Å². The Morgan fingerprint density at radius 1 is 1.07 bits per heavy atom. The van der Waals surface area contributed by atoms with E-state index in [1.165, 1.54) is 17.8 Å². The molecule has 1 aromatic rings. The standard InChI is InChI=1S/C18H27N5O3S/c24-15(19-18-21-20-16(27-18)14-6-2-11-26-14)12-22-7-3-8-23(10-9-22)17(25)13-4-1-5-13/h13-14H,1-12H2,(H,19,21,24). The topological polar surface area (TPSA) is 87.7 Å². The zero-order chi connectivity index (χ0) is 18.6. The van der Waals surface area contributed by atoms with Crippen molar-refractivity contribution in [2.24, 2.45) is 5.92 Å². The molecule has 9 heteroatoms. The molecule has 1 aromatic heterocycles. The predicted molar refractivity (Wildman–Crippen MR) is 101 cm³/mol. The molecule has 2 saturated heterocycles. The molecule has 2 amide bonds. The maximum absolute atomic E-state index is 12.4. The monoisotopic (exact) mass is 393 g/mol. The fraction of sp³-hybridized carbons (Fsp3) is 0.778. The third-order valence-electron chi connectivity index (χ3n) is 5.61. The van der Waals surface area contributed by atoms with Crippen LogP contribution in [0.1, 0.15) is 49.6 Å². The van der Waals surface area contributed by atoms with E-state index in [0.717, 1.165) is 63.4 Å². The quantitative estimate of drug-likeness (QED) is 0.819. The van der Waals surface area contributed by atoms with Gasteiger partial charge in [0.25, 0.3) is 0 Å². The van der Waals surface area contributed by atoms with E-state index in [1.54, 1.807) is 0 Å². The van der Waals surface area contributed by atoms with Crippen LogP contribution in [-0.2, 0) is 14.3 Å². The summed E-state index contributed by atoms with van der Waals surface area (Å²) in [7, 11) is 0. The lowest BCUT2D eigenvalue weighted by Crippen LogP contribution is -2.41. The van der Waals surface area contributed by atoms with Crippen molar-refractivity contribution in [2.75, 3.05) is 44.6 Å². The molecule has 8 nitrogen and oxygen atoms in total. The summed E-state index contributed by atoms with van der Waals surface area (Å²) in [5, 5.41) is 12.4. The van der Waals surface area contributed by atoms with Gasteiger partial charge >= 0.3 is 0 Å². The number of hydrogen-bond donors (Lipinski definition) is 1. The van der Waals surface area contributed by atoms with Gasteiger partial charge in [-0.3, -0.25) is 19.8 Å². The Balaban J connectivity index is 1.24. The smallest absolute Gasteiger partial charge is 0.240 e. The van der Waals surface area contributed by atoms with Crippen molar-refractivity contribution >= 4 is 28.3 Å². The molecular weight excluding hydrogens is 366 g/mol. The van der Waals surface area contributed by atoms with E-state index in [9.17, 15) is 9.59 Å². The van der Waals surface area contributed by atoms with Gasteiger partial charge in [-0.2, -0.15) is 0 Å². The van der Waals surface area contributed by atoms with E-state index < -0.39 is 0 Å². The largest absolute Gasteiger partial charge is 0.371 e. The first kappa shape index (κ1) is 18.8. The minimum atomic E-state index is -0.0798. The molecule has 0 spiro atoms. The number of nitrogens with one attached hydrogen (secondary N) is 1. The van der Waals surface area contributed by atoms with E-state index >= 15 is 0 Å². The minimum Gasteiger partial charge on any atom is -0.371 e. The first-order chi connectivity index (χ1) is 13.2. The van der Waals surface area contributed by atoms with Crippen LogP contribution in [0.15, 0.2) is 0 Å². The maximum Gasteiger partial charge on any atom is 0.240 e. The highest BCUT2D eigenvalue weighted by molar-refractivity contribution is 7.15. The van der Waals surface area contributed by atoms with Crippen LogP contribution in [0, 0.1) is 5.92 Å². The number of aromatic nitrogens is 2. The van der Waals surface area contributed by atoms with Crippen LogP contribution < -0.4 is 5.32 Å². The summed E-state index contributed by atoms with van der Waals surface area (Å²) in [6.45, 7) is 4.17. The SMILES string of the molecule is O=C(CN1CCCN(C(=O)C2CCC2)CC1)Nc1nnc(C2CCCO2)s1. The first-order valence-electron chi connectivity index (χ1n) is 9.95. The molecule has 148 valence electrons. The van der Waals surface area contributed by atoms with Crippen molar-refractivity contribution in [1.29, 1.82) is 0 Å². The molecule has 27 heavy (non-hydrogen) atoms. The number of carbonyl (C=O) groups is 2. The molecule has 1 atom stereocenters. The summed E-state index contributed by atoms with van der Waals surface area (Å²) in [6, 6.07) is 0. The zero-order valence-electron chi connectivity index (χ0n) is 15.6. The molecule has 0 aromatic carbocycles. The second-order valence-electron chi connectivity index (χ2n) is 7.58. The van der Waals surface area contributed by atoms with Crippen molar-refractivity contribution in [3.05, 3.63) is 5.01 Å². The number of nitrogens with zero attached hydrogens (tertiary/aromatic N) is 4. The average molecular weight is 394 g/mol. The van der Waals surface area contributed by atoms with Gasteiger partial charge in [0.05, 0.1) is 6.54 Å². The molecule has 3 heterocycles. The highest BCUT2D eigenvalue weighted by atomic mass is 32.1. The van der Waals surface area contributed by atoms with Crippen LogP contribution in [0.3, 0.4) is 0 Å². The number of hydrogen-bond acceptors (Lipinski definition) is 7. The second kappa shape index (κ2) is 8.62. The molecule has 0 bridgehead atoms. The van der Waals surface area contributed by atoms with Crippen molar-refractivity contribution in [1.82, 2.24) is 20.0 Å². The number of amides is 2. The van der Waals surface area contributed by atoms with Crippen LogP contribution in [0.5, 0.6) is 0 Å². The van der Waals surface area contributed by atoms with Gasteiger partial charge in [-0.15, -0.1) is 10.2 Å². The molecule has 2 aliphatic heterocycles. The molecular formula is C18H27N5O3S. The highest BCUT2D eigenvalue weighted by Crippen LogP contribution is 2.32. The van der Waals surface area contributed by atoms with Gasteiger partial charge in [-0.1, -0.05) is 17.8 Å². The summed E-state index contributed by atoms with van der Waals surface area (Å²) < 4.78 is 5.61. The van der Waals surface area contributed by atoms with Crippen LogP contribution in [0.25, 0.3) is 0 Å². The van der Waals surface area contributed by atoms with Crippen LogP contribution in [0.2, 0.25) is 0 Å². The van der Waals surface area contributed by atoms with E-state index in [0.29, 0.717) is 24.1 Å². The van der Waals surface area contributed by atoms with E-state index in [4.69, 9.17) is 4.74 Å². The molecule has 1 unspecified atom stereocenters. The van der Waals surface area contributed by atoms with Crippen LogP contribution in [0.4, 0.5) is 5.13 Å². The van der Waals surface area contributed by atoms with Gasteiger partial charge < -0.3 is 9.64 Å². The third-order valence-corrected chi connectivity index (χ3v) is 6.54. The first-order valence-corrected chi connectivity index (χ1v) is 10.8. The van der Waals surface area contributed by atoms with E-state index in [1.807, 2.05) is 4.90 Å². The molecule has 1 saturated carbocycles. The fourth-order valence-corrected chi connectivity index (χ4v) is 4.66.